The number of anilines is 1. The van der Waals surface area contributed by atoms with Gasteiger partial charge in [-0.25, -0.2) is 9.97 Å². The van der Waals surface area contributed by atoms with Crippen LogP contribution in [0.3, 0.4) is 0 Å². The first-order valence-electron chi connectivity index (χ1n) is 10.7. The molecule has 4 rings (SSSR count). The Labute approximate surface area is 187 Å². The average molecular weight is 437 g/mol. The van der Waals surface area contributed by atoms with E-state index in [-0.39, 0.29) is 5.91 Å². The van der Waals surface area contributed by atoms with Crippen LogP contribution < -0.4 is 5.32 Å². The van der Waals surface area contributed by atoms with Gasteiger partial charge < -0.3 is 9.73 Å². The Balaban J connectivity index is 1.48. The van der Waals surface area contributed by atoms with E-state index < -0.39 is 0 Å². The summed E-state index contributed by atoms with van der Waals surface area (Å²) in [6, 6.07) is 12.4. The zero-order valence-electron chi connectivity index (χ0n) is 18.2. The summed E-state index contributed by atoms with van der Waals surface area (Å²) in [5.41, 5.74) is 3.15. The number of aryl methyl sites for hydroxylation is 1. The third kappa shape index (κ3) is 4.99. The molecule has 6 nitrogen and oxygen atoms in total. The van der Waals surface area contributed by atoms with Gasteiger partial charge in [-0.1, -0.05) is 18.6 Å². The minimum absolute atomic E-state index is 0.203. The maximum atomic E-state index is 13.0. The van der Waals surface area contributed by atoms with Gasteiger partial charge in [-0.05, 0) is 69.3 Å². The van der Waals surface area contributed by atoms with Gasteiger partial charge in [0.2, 0.25) is 0 Å². The van der Waals surface area contributed by atoms with Crippen LogP contribution in [0.2, 0.25) is 0 Å². The third-order valence-corrected chi connectivity index (χ3v) is 6.44. The zero-order chi connectivity index (χ0) is 21.8. The first-order valence-corrected chi connectivity index (χ1v) is 11.9. The smallest absolute Gasteiger partial charge is 0.260 e. The molecule has 0 bridgehead atoms. The molecule has 1 N–H and O–H groups in total. The lowest BCUT2D eigenvalue weighted by atomic mass is 10.0. The third-order valence-electron chi connectivity index (χ3n) is 5.76. The van der Waals surface area contributed by atoms with Gasteiger partial charge in [0, 0.05) is 18.3 Å². The molecular weight excluding hydrogens is 408 g/mol. The van der Waals surface area contributed by atoms with Crippen molar-refractivity contribution in [3.8, 4) is 11.6 Å². The second-order valence-corrected chi connectivity index (χ2v) is 8.76. The van der Waals surface area contributed by atoms with Gasteiger partial charge in [-0.15, -0.1) is 11.8 Å². The Hall–Kier alpha value is -2.64. The number of thioether (sulfide) groups is 1. The summed E-state index contributed by atoms with van der Waals surface area (Å²) in [5, 5.41) is 3.63. The average Bonchev–Trinajstić information content (AvgIpc) is 3.31. The lowest BCUT2D eigenvalue weighted by Gasteiger charge is -2.33. The van der Waals surface area contributed by atoms with E-state index in [1.807, 2.05) is 31.4 Å². The van der Waals surface area contributed by atoms with E-state index in [9.17, 15) is 4.79 Å². The Bertz CT molecular complexity index is 1030. The van der Waals surface area contributed by atoms with Crippen LogP contribution in [0.5, 0.6) is 0 Å². The lowest BCUT2D eigenvalue weighted by molar-refractivity contribution is 0.102. The quantitative estimate of drug-likeness (QED) is 0.412. The number of hydrogen-bond acceptors (Lipinski definition) is 6. The van der Waals surface area contributed by atoms with Crippen molar-refractivity contribution in [1.82, 2.24) is 14.9 Å². The molecule has 1 aliphatic rings. The van der Waals surface area contributed by atoms with Gasteiger partial charge in [-0.2, -0.15) is 0 Å². The summed E-state index contributed by atoms with van der Waals surface area (Å²) in [7, 11) is 0. The molecule has 0 aliphatic carbocycles. The molecule has 1 atom stereocenters. The molecule has 2 aromatic heterocycles. The van der Waals surface area contributed by atoms with E-state index in [1.165, 1.54) is 36.6 Å². The van der Waals surface area contributed by atoms with Crippen LogP contribution in [-0.4, -0.2) is 39.6 Å². The van der Waals surface area contributed by atoms with Crippen LogP contribution in [0.4, 0.5) is 5.69 Å². The number of furan rings is 1. The molecule has 1 unspecified atom stereocenters. The van der Waals surface area contributed by atoms with Crippen LogP contribution in [0.1, 0.15) is 47.8 Å². The van der Waals surface area contributed by atoms with Gasteiger partial charge in [0.05, 0.1) is 17.5 Å². The number of carbonyl (C=O) groups excluding carboxylic acids is 1. The van der Waals surface area contributed by atoms with Crippen LogP contribution >= 0.6 is 11.8 Å². The highest BCUT2D eigenvalue weighted by molar-refractivity contribution is 7.98. The summed E-state index contributed by atoms with van der Waals surface area (Å²) in [5.74, 6) is 0.869. The number of nitrogens with one attached hydrogen (secondary N) is 1. The summed E-state index contributed by atoms with van der Waals surface area (Å²) >= 11 is 1.42. The van der Waals surface area contributed by atoms with Crippen molar-refractivity contribution in [2.24, 2.45) is 0 Å². The van der Waals surface area contributed by atoms with Gasteiger partial charge in [0.1, 0.15) is 5.03 Å². The Morgan fingerprint density at radius 3 is 2.71 bits per heavy atom. The van der Waals surface area contributed by atoms with Crippen molar-refractivity contribution < 1.29 is 9.21 Å². The summed E-state index contributed by atoms with van der Waals surface area (Å²) in [4.78, 5) is 24.6. The molecule has 3 heterocycles. The van der Waals surface area contributed by atoms with Crippen molar-refractivity contribution in [3.05, 3.63) is 59.5 Å². The van der Waals surface area contributed by atoms with E-state index in [1.54, 1.807) is 12.3 Å². The predicted octanol–water partition coefficient (Wildman–Crippen LogP) is 5.39. The van der Waals surface area contributed by atoms with Crippen molar-refractivity contribution in [1.29, 1.82) is 0 Å². The van der Waals surface area contributed by atoms with Crippen LogP contribution in [0, 0.1) is 6.92 Å². The fourth-order valence-electron chi connectivity index (χ4n) is 3.99. The van der Waals surface area contributed by atoms with Gasteiger partial charge in [0.15, 0.2) is 11.6 Å². The summed E-state index contributed by atoms with van der Waals surface area (Å²) in [6.45, 7) is 6.24. The highest BCUT2D eigenvalue weighted by Gasteiger charge is 2.21. The highest BCUT2D eigenvalue weighted by atomic mass is 32.2. The number of piperidine rings is 1. The molecule has 1 saturated heterocycles. The molecule has 0 saturated carbocycles. The van der Waals surface area contributed by atoms with Crippen LogP contribution in [0.15, 0.2) is 52.1 Å². The monoisotopic (exact) mass is 436 g/mol. The molecule has 1 amide bonds. The fraction of sp³-hybridized carbons (Fsp3) is 0.375. The largest absolute Gasteiger partial charge is 0.461 e. The highest BCUT2D eigenvalue weighted by Crippen LogP contribution is 2.26. The molecule has 0 spiro atoms. The normalized spacial score (nSPS) is 16.9. The number of hydrogen-bond donors (Lipinski definition) is 1. The minimum Gasteiger partial charge on any atom is -0.461 e. The number of carbonyl (C=O) groups is 1. The number of rotatable bonds is 6. The van der Waals surface area contributed by atoms with Gasteiger partial charge in [0.25, 0.3) is 5.91 Å². The summed E-state index contributed by atoms with van der Waals surface area (Å²) in [6.07, 6.45) is 7.36. The Morgan fingerprint density at radius 1 is 1.23 bits per heavy atom. The number of amides is 1. The molecule has 1 aromatic carbocycles. The first-order chi connectivity index (χ1) is 15.0. The van der Waals surface area contributed by atoms with E-state index >= 15 is 0 Å². The lowest BCUT2D eigenvalue weighted by Crippen LogP contribution is -2.36. The van der Waals surface area contributed by atoms with E-state index in [2.05, 4.69) is 39.2 Å². The fourth-order valence-corrected chi connectivity index (χ4v) is 4.61. The van der Waals surface area contributed by atoms with Gasteiger partial charge in [-0.3, -0.25) is 9.69 Å². The molecular formula is C24H28N4O2S. The number of aromatic nitrogens is 2. The van der Waals surface area contributed by atoms with Crippen molar-refractivity contribution in [3.63, 3.8) is 0 Å². The second-order valence-electron chi connectivity index (χ2n) is 7.96. The number of likely N-dealkylation sites (tertiary alicyclic amines) is 1. The van der Waals surface area contributed by atoms with Crippen molar-refractivity contribution in [2.45, 2.75) is 50.7 Å². The maximum absolute atomic E-state index is 13.0. The minimum atomic E-state index is -0.203. The molecule has 0 radical (unpaired) electrons. The Kier molecular flexibility index (Phi) is 6.73. The van der Waals surface area contributed by atoms with Crippen LogP contribution in [-0.2, 0) is 6.54 Å². The van der Waals surface area contributed by atoms with Gasteiger partial charge >= 0.3 is 0 Å². The number of benzene rings is 1. The Morgan fingerprint density at radius 2 is 2.03 bits per heavy atom. The predicted molar refractivity (Wildman–Crippen MR) is 124 cm³/mol. The topological polar surface area (TPSA) is 71.3 Å². The molecule has 3 aromatic rings. The second kappa shape index (κ2) is 9.66. The standard InChI is InChI=1S/C24H28N4O2S/c1-16-7-4-5-13-28(16)15-18-9-11-19(12-10-18)26-23(29)21-17(2)25-22(27-24(21)31-3)20-8-6-14-30-20/h6,8-12,14,16H,4-5,7,13,15H2,1-3H3,(H,26,29). The van der Waals surface area contributed by atoms with Crippen LogP contribution in [0.25, 0.3) is 11.6 Å². The van der Waals surface area contributed by atoms with Crippen molar-refractivity contribution in [2.75, 3.05) is 18.1 Å². The summed E-state index contributed by atoms with van der Waals surface area (Å²) < 4.78 is 5.40. The molecule has 1 aliphatic heterocycles. The molecule has 1 fully saturated rings. The van der Waals surface area contributed by atoms with Crippen molar-refractivity contribution >= 4 is 23.4 Å². The zero-order valence-corrected chi connectivity index (χ0v) is 19.0. The number of nitrogens with zero attached hydrogens (tertiary/aromatic N) is 3. The molecule has 31 heavy (non-hydrogen) atoms. The maximum Gasteiger partial charge on any atom is 0.260 e. The van der Waals surface area contributed by atoms with E-state index in [0.29, 0.717) is 33.9 Å². The van der Waals surface area contributed by atoms with E-state index in [0.717, 1.165) is 18.8 Å². The first kappa shape index (κ1) is 21.6. The SMILES string of the molecule is CSc1nc(-c2ccco2)nc(C)c1C(=O)Nc1ccc(CN2CCCCC2C)cc1. The molecule has 7 heteroatoms. The molecule has 162 valence electrons. The van der Waals surface area contributed by atoms with E-state index in [4.69, 9.17) is 4.42 Å².